The maximum atomic E-state index is 6.75. The fraction of sp³-hybridized carbons (Fsp3) is 0.647. The van der Waals surface area contributed by atoms with Crippen molar-refractivity contribution in [1.29, 1.82) is 0 Å². The summed E-state index contributed by atoms with van der Waals surface area (Å²) in [5.41, 5.74) is 10.7. The summed E-state index contributed by atoms with van der Waals surface area (Å²) >= 11 is 0. The third-order valence-corrected chi connectivity index (χ3v) is 4.73. The third-order valence-electron chi connectivity index (χ3n) is 4.73. The van der Waals surface area contributed by atoms with E-state index < -0.39 is 0 Å². The largest absolute Gasteiger partial charge is 0.321 e. The van der Waals surface area contributed by atoms with E-state index in [1.54, 1.807) is 0 Å². The monoisotopic (exact) mass is 245 g/mol. The van der Waals surface area contributed by atoms with Crippen LogP contribution < -0.4 is 5.73 Å². The summed E-state index contributed by atoms with van der Waals surface area (Å²) in [5.74, 6) is 0.890. The summed E-state index contributed by atoms with van der Waals surface area (Å²) in [6.45, 7) is 6.67. The van der Waals surface area contributed by atoms with Gasteiger partial charge in [0.05, 0.1) is 0 Å². The van der Waals surface area contributed by atoms with Crippen molar-refractivity contribution in [2.75, 3.05) is 0 Å². The molecule has 1 fully saturated rings. The first-order valence-electron chi connectivity index (χ1n) is 7.42. The molecule has 2 unspecified atom stereocenters. The highest BCUT2D eigenvalue weighted by molar-refractivity contribution is 5.35. The Balaban J connectivity index is 2.24. The lowest BCUT2D eigenvalue weighted by Crippen LogP contribution is -2.36. The number of nitrogens with two attached hydrogens (primary N) is 1. The van der Waals surface area contributed by atoms with Gasteiger partial charge in [-0.25, -0.2) is 0 Å². The predicted octanol–water partition coefficient (Wildman–Crippen LogP) is 4.45. The molecule has 2 atom stereocenters. The van der Waals surface area contributed by atoms with Crippen LogP contribution in [-0.4, -0.2) is 0 Å². The summed E-state index contributed by atoms with van der Waals surface area (Å²) in [6, 6.07) is 6.74. The van der Waals surface area contributed by atoms with Crippen LogP contribution in [0.15, 0.2) is 18.2 Å². The van der Waals surface area contributed by atoms with E-state index in [4.69, 9.17) is 5.73 Å². The first kappa shape index (κ1) is 13.6. The molecule has 1 heteroatoms. The van der Waals surface area contributed by atoms with Gasteiger partial charge in [0, 0.05) is 5.54 Å². The van der Waals surface area contributed by atoms with Gasteiger partial charge in [-0.15, -0.1) is 0 Å². The molecule has 1 aliphatic carbocycles. The highest BCUT2D eigenvalue weighted by atomic mass is 14.7. The standard InChI is InChI=1S/C17H27N/c1-4-15-6-5-10-17(18,11-9-15)16-8-7-13(2)12-14(16)3/h7-8,12,15H,4-6,9-11,18H2,1-3H3. The number of rotatable bonds is 2. The average molecular weight is 245 g/mol. The van der Waals surface area contributed by atoms with Crippen molar-refractivity contribution in [2.24, 2.45) is 11.7 Å². The molecule has 0 saturated heterocycles. The fourth-order valence-corrected chi connectivity index (χ4v) is 3.49. The summed E-state index contributed by atoms with van der Waals surface area (Å²) in [7, 11) is 0. The van der Waals surface area contributed by atoms with Crippen LogP contribution in [0.3, 0.4) is 0 Å². The van der Waals surface area contributed by atoms with E-state index in [0.29, 0.717) is 0 Å². The van der Waals surface area contributed by atoms with E-state index >= 15 is 0 Å². The van der Waals surface area contributed by atoms with Crippen molar-refractivity contribution in [3.63, 3.8) is 0 Å². The number of hydrogen-bond acceptors (Lipinski definition) is 1. The summed E-state index contributed by atoms with van der Waals surface area (Å²) in [6.07, 6.45) is 7.54. The molecule has 0 spiro atoms. The Morgan fingerprint density at radius 3 is 2.67 bits per heavy atom. The average Bonchev–Trinajstić information content (AvgIpc) is 2.51. The van der Waals surface area contributed by atoms with Gasteiger partial charge in [-0.2, -0.15) is 0 Å². The summed E-state index contributed by atoms with van der Waals surface area (Å²) in [4.78, 5) is 0. The Hall–Kier alpha value is -0.820. The zero-order valence-electron chi connectivity index (χ0n) is 12.1. The Bertz CT molecular complexity index is 410. The zero-order valence-corrected chi connectivity index (χ0v) is 12.1. The molecule has 1 aliphatic rings. The van der Waals surface area contributed by atoms with Gasteiger partial charge in [-0.1, -0.05) is 49.9 Å². The quantitative estimate of drug-likeness (QED) is 0.765. The molecule has 0 heterocycles. The van der Waals surface area contributed by atoms with Crippen LogP contribution in [-0.2, 0) is 5.54 Å². The Kier molecular flexibility index (Phi) is 4.11. The first-order valence-corrected chi connectivity index (χ1v) is 7.42. The van der Waals surface area contributed by atoms with Crippen LogP contribution in [0, 0.1) is 19.8 Å². The molecule has 100 valence electrons. The van der Waals surface area contributed by atoms with Gasteiger partial charge < -0.3 is 5.73 Å². The second-order valence-corrected chi connectivity index (χ2v) is 6.18. The molecule has 0 bridgehead atoms. The molecular formula is C17H27N. The second kappa shape index (κ2) is 5.44. The predicted molar refractivity (Wildman–Crippen MR) is 78.6 cm³/mol. The van der Waals surface area contributed by atoms with Crippen LogP contribution in [0.5, 0.6) is 0 Å². The van der Waals surface area contributed by atoms with Crippen LogP contribution in [0.25, 0.3) is 0 Å². The molecule has 18 heavy (non-hydrogen) atoms. The fourth-order valence-electron chi connectivity index (χ4n) is 3.49. The molecule has 2 N–H and O–H groups in total. The molecular weight excluding hydrogens is 218 g/mol. The van der Waals surface area contributed by atoms with E-state index in [2.05, 4.69) is 39.0 Å². The van der Waals surface area contributed by atoms with Crippen molar-refractivity contribution in [2.45, 2.75) is 64.8 Å². The molecule has 2 rings (SSSR count). The minimum atomic E-state index is -0.0816. The van der Waals surface area contributed by atoms with Crippen molar-refractivity contribution in [3.05, 3.63) is 34.9 Å². The minimum Gasteiger partial charge on any atom is -0.321 e. The van der Waals surface area contributed by atoms with Gasteiger partial charge in [0.1, 0.15) is 0 Å². The lowest BCUT2D eigenvalue weighted by molar-refractivity contribution is 0.370. The van der Waals surface area contributed by atoms with Gasteiger partial charge in [0.25, 0.3) is 0 Å². The highest BCUT2D eigenvalue weighted by Crippen LogP contribution is 2.38. The van der Waals surface area contributed by atoms with Crippen LogP contribution in [0.2, 0.25) is 0 Å². The van der Waals surface area contributed by atoms with Gasteiger partial charge in [0.15, 0.2) is 0 Å². The van der Waals surface area contributed by atoms with E-state index in [1.165, 1.54) is 42.4 Å². The second-order valence-electron chi connectivity index (χ2n) is 6.18. The van der Waals surface area contributed by atoms with E-state index in [-0.39, 0.29) is 5.54 Å². The van der Waals surface area contributed by atoms with Gasteiger partial charge in [-0.05, 0) is 50.2 Å². The number of aryl methyl sites for hydroxylation is 2. The Morgan fingerprint density at radius 2 is 2.00 bits per heavy atom. The molecule has 1 nitrogen and oxygen atoms in total. The van der Waals surface area contributed by atoms with Crippen molar-refractivity contribution < 1.29 is 0 Å². The number of benzene rings is 1. The van der Waals surface area contributed by atoms with Crippen LogP contribution in [0.1, 0.15) is 62.1 Å². The number of hydrogen-bond donors (Lipinski definition) is 1. The maximum Gasteiger partial charge on any atom is 0.0412 e. The van der Waals surface area contributed by atoms with Crippen molar-refractivity contribution in [3.8, 4) is 0 Å². The molecule has 0 amide bonds. The Morgan fingerprint density at radius 1 is 1.22 bits per heavy atom. The first-order chi connectivity index (χ1) is 8.55. The third kappa shape index (κ3) is 2.77. The molecule has 0 aliphatic heterocycles. The molecule has 1 aromatic carbocycles. The smallest absolute Gasteiger partial charge is 0.0412 e. The van der Waals surface area contributed by atoms with Crippen molar-refractivity contribution >= 4 is 0 Å². The van der Waals surface area contributed by atoms with Crippen LogP contribution in [0.4, 0.5) is 0 Å². The molecule has 1 saturated carbocycles. The van der Waals surface area contributed by atoms with Crippen LogP contribution >= 0.6 is 0 Å². The highest BCUT2D eigenvalue weighted by Gasteiger charge is 2.31. The van der Waals surface area contributed by atoms with E-state index in [9.17, 15) is 0 Å². The van der Waals surface area contributed by atoms with Gasteiger partial charge in [0.2, 0.25) is 0 Å². The SMILES string of the molecule is CCC1CCCC(N)(c2ccc(C)cc2C)CC1. The zero-order chi connectivity index (χ0) is 13.2. The minimum absolute atomic E-state index is 0.0816. The van der Waals surface area contributed by atoms with Gasteiger partial charge in [-0.3, -0.25) is 0 Å². The Labute approximate surface area is 112 Å². The lowest BCUT2D eigenvalue weighted by Gasteiger charge is -2.30. The molecule has 0 aromatic heterocycles. The van der Waals surface area contributed by atoms with Gasteiger partial charge >= 0.3 is 0 Å². The maximum absolute atomic E-state index is 6.75. The molecule has 1 aromatic rings. The normalized spacial score (nSPS) is 29.0. The lowest BCUT2D eigenvalue weighted by atomic mass is 9.81. The summed E-state index contributed by atoms with van der Waals surface area (Å²) < 4.78 is 0. The summed E-state index contributed by atoms with van der Waals surface area (Å²) in [5, 5.41) is 0. The van der Waals surface area contributed by atoms with E-state index in [1.807, 2.05) is 0 Å². The topological polar surface area (TPSA) is 26.0 Å². The van der Waals surface area contributed by atoms with Crippen molar-refractivity contribution in [1.82, 2.24) is 0 Å². The molecule has 0 radical (unpaired) electrons. The van der Waals surface area contributed by atoms with E-state index in [0.717, 1.165) is 18.8 Å².